The van der Waals surface area contributed by atoms with Crippen LogP contribution in [-0.2, 0) is 24.3 Å². The van der Waals surface area contributed by atoms with E-state index in [9.17, 15) is 18.0 Å². The molecule has 1 saturated heterocycles. The molecule has 0 N–H and O–H groups in total. The molecular weight excluding hydrogens is 386 g/mol. The molecule has 1 amide bonds. The number of ether oxygens (including phenoxy) is 1. The highest BCUT2D eigenvalue weighted by molar-refractivity contribution is 7.89. The van der Waals surface area contributed by atoms with Crippen LogP contribution in [0.1, 0.15) is 37.3 Å². The van der Waals surface area contributed by atoms with Crippen LogP contribution in [0.4, 0.5) is 0 Å². The Morgan fingerprint density at radius 3 is 2.52 bits per heavy atom. The molecule has 1 aromatic heterocycles. The van der Waals surface area contributed by atoms with E-state index in [-0.39, 0.29) is 17.9 Å². The molecule has 0 aliphatic carbocycles. The Hall–Kier alpha value is -2.19. The lowest BCUT2D eigenvalue weighted by molar-refractivity contribution is -0.155. The Kier molecular flexibility index (Phi) is 5.14. The van der Waals surface area contributed by atoms with Gasteiger partial charge < -0.3 is 4.74 Å². The van der Waals surface area contributed by atoms with Crippen LogP contribution >= 0.6 is 11.3 Å². The van der Waals surface area contributed by atoms with Crippen LogP contribution in [0.3, 0.4) is 0 Å². The van der Waals surface area contributed by atoms with Crippen molar-refractivity contribution in [1.82, 2.24) is 4.31 Å². The van der Waals surface area contributed by atoms with Crippen LogP contribution in [0.2, 0.25) is 0 Å². The largest absolute Gasteiger partial charge is 0.464 e. The molecule has 1 aliphatic heterocycles. The Bertz CT molecular complexity index is 950. The number of carbonyl (C=O) groups excluding carboxylic acids is 2. The number of hydrogen-bond acceptors (Lipinski definition) is 6. The van der Waals surface area contributed by atoms with E-state index in [0.717, 1.165) is 15.4 Å². The molecule has 2 atom stereocenters. The van der Waals surface area contributed by atoms with Crippen LogP contribution in [0.25, 0.3) is 0 Å². The van der Waals surface area contributed by atoms with Gasteiger partial charge in [0.05, 0.1) is 11.5 Å². The predicted molar refractivity (Wildman–Crippen MR) is 102 cm³/mol. The molecule has 1 aromatic carbocycles. The van der Waals surface area contributed by atoms with E-state index in [4.69, 9.17) is 4.74 Å². The quantitative estimate of drug-likeness (QED) is 0.712. The Morgan fingerprint density at radius 2 is 1.96 bits per heavy atom. The molecular formula is C19H21NO5S2. The van der Waals surface area contributed by atoms with E-state index in [0.29, 0.717) is 0 Å². The van der Waals surface area contributed by atoms with Crippen LogP contribution in [-0.4, -0.2) is 36.7 Å². The minimum atomic E-state index is -4.21. The van der Waals surface area contributed by atoms with Gasteiger partial charge in [-0.3, -0.25) is 4.79 Å². The van der Waals surface area contributed by atoms with Crippen molar-refractivity contribution in [2.24, 2.45) is 0 Å². The smallest absolute Gasteiger partial charge is 0.333 e. The Balaban J connectivity index is 2.15. The van der Waals surface area contributed by atoms with Crippen molar-refractivity contribution in [2.45, 2.75) is 43.5 Å². The Labute approximate surface area is 162 Å². The number of nitrogens with zero attached hydrogens (tertiary/aromatic N) is 1. The van der Waals surface area contributed by atoms with Gasteiger partial charge in [-0.2, -0.15) is 11.3 Å². The van der Waals surface area contributed by atoms with Gasteiger partial charge in [0.15, 0.2) is 5.54 Å². The molecule has 2 heterocycles. The molecule has 0 unspecified atom stereocenters. The molecule has 3 rings (SSSR count). The third-order valence-corrected chi connectivity index (χ3v) is 7.53. The molecule has 144 valence electrons. The average molecular weight is 408 g/mol. The first-order chi connectivity index (χ1) is 12.7. The fourth-order valence-corrected chi connectivity index (χ4v) is 5.92. The van der Waals surface area contributed by atoms with Crippen molar-refractivity contribution >= 4 is 33.2 Å². The lowest BCUT2D eigenvalue weighted by atomic mass is 9.83. The highest BCUT2D eigenvalue weighted by atomic mass is 32.2. The molecule has 0 saturated carbocycles. The van der Waals surface area contributed by atoms with Gasteiger partial charge in [0.2, 0.25) is 5.91 Å². The van der Waals surface area contributed by atoms with Crippen molar-refractivity contribution in [2.75, 3.05) is 6.61 Å². The van der Waals surface area contributed by atoms with Gasteiger partial charge in [0.25, 0.3) is 10.0 Å². The van der Waals surface area contributed by atoms with E-state index < -0.39 is 33.4 Å². The first-order valence-electron chi connectivity index (χ1n) is 8.57. The van der Waals surface area contributed by atoms with Crippen molar-refractivity contribution in [3.63, 3.8) is 0 Å². The SMILES string of the molecule is CCOC(=O)[C@]1(C)[C@@H](c2ccsc2)CC(=O)N1S(=O)(=O)c1ccc(C)cc1. The van der Waals surface area contributed by atoms with Crippen LogP contribution in [0.5, 0.6) is 0 Å². The van der Waals surface area contributed by atoms with Crippen LogP contribution < -0.4 is 0 Å². The highest BCUT2D eigenvalue weighted by Crippen LogP contribution is 2.46. The van der Waals surface area contributed by atoms with Gasteiger partial charge in [-0.15, -0.1) is 0 Å². The second kappa shape index (κ2) is 7.09. The summed E-state index contributed by atoms with van der Waals surface area (Å²) in [6, 6.07) is 8.02. The Morgan fingerprint density at radius 1 is 1.30 bits per heavy atom. The predicted octanol–water partition coefficient (Wildman–Crippen LogP) is 3.08. The molecule has 2 aromatic rings. The number of sulfonamides is 1. The summed E-state index contributed by atoms with van der Waals surface area (Å²) < 4.78 is 32.5. The maximum Gasteiger partial charge on any atom is 0.333 e. The molecule has 1 aliphatic rings. The third kappa shape index (κ3) is 3.17. The summed E-state index contributed by atoms with van der Waals surface area (Å²) in [5.41, 5.74) is 0.00856. The summed E-state index contributed by atoms with van der Waals surface area (Å²) in [6.07, 6.45) is -0.0723. The number of rotatable bonds is 5. The maximum absolute atomic E-state index is 13.3. The monoisotopic (exact) mass is 407 g/mol. The highest BCUT2D eigenvalue weighted by Gasteiger charge is 2.61. The van der Waals surface area contributed by atoms with E-state index >= 15 is 0 Å². The normalized spacial score (nSPS) is 22.9. The number of aryl methyl sites for hydroxylation is 1. The van der Waals surface area contributed by atoms with E-state index in [2.05, 4.69) is 0 Å². The summed E-state index contributed by atoms with van der Waals surface area (Å²) in [5.74, 6) is -1.93. The zero-order valence-corrected chi connectivity index (χ0v) is 17.0. The first-order valence-corrected chi connectivity index (χ1v) is 11.0. The lowest BCUT2D eigenvalue weighted by Crippen LogP contribution is -2.55. The number of amides is 1. The molecule has 1 fully saturated rings. The minimum absolute atomic E-state index is 0.0251. The van der Waals surface area contributed by atoms with E-state index in [1.54, 1.807) is 19.1 Å². The van der Waals surface area contributed by atoms with Crippen LogP contribution in [0.15, 0.2) is 46.0 Å². The van der Waals surface area contributed by atoms with Crippen molar-refractivity contribution < 1.29 is 22.7 Å². The lowest BCUT2D eigenvalue weighted by Gasteiger charge is -2.35. The van der Waals surface area contributed by atoms with Gasteiger partial charge in [0.1, 0.15) is 0 Å². The summed E-state index contributed by atoms with van der Waals surface area (Å²) in [6.45, 7) is 5.06. The number of benzene rings is 1. The van der Waals surface area contributed by atoms with E-state index in [1.165, 1.54) is 30.4 Å². The van der Waals surface area contributed by atoms with Crippen LogP contribution in [0, 0.1) is 6.92 Å². The molecule has 0 spiro atoms. The maximum atomic E-state index is 13.3. The first kappa shape index (κ1) is 19.6. The molecule has 6 nitrogen and oxygen atoms in total. The third-order valence-electron chi connectivity index (χ3n) is 4.90. The summed E-state index contributed by atoms with van der Waals surface area (Å²) in [4.78, 5) is 25.7. The van der Waals surface area contributed by atoms with Crippen molar-refractivity contribution in [3.05, 3.63) is 52.2 Å². The topological polar surface area (TPSA) is 80.8 Å². The second-order valence-electron chi connectivity index (χ2n) is 6.66. The summed E-state index contributed by atoms with van der Waals surface area (Å²) in [7, 11) is -4.21. The number of thiophene rings is 1. The summed E-state index contributed by atoms with van der Waals surface area (Å²) >= 11 is 1.43. The van der Waals surface area contributed by atoms with Gasteiger partial charge in [-0.05, 0) is 55.3 Å². The zero-order chi connectivity index (χ0) is 19.8. The van der Waals surface area contributed by atoms with Crippen molar-refractivity contribution in [3.8, 4) is 0 Å². The zero-order valence-electron chi connectivity index (χ0n) is 15.3. The molecule has 8 heteroatoms. The van der Waals surface area contributed by atoms with E-state index in [1.807, 2.05) is 23.8 Å². The standard InChI is InChI=1S/C19H21NO5S2/c1-4-25-18(22)19(3)16(14-9-10-26-12-14)11-17(21)20(19)27(23,24)15-7-5-13(2)6-8-15/h5-10,12,16H,4,11H2,1-3H3/t16-,19+/m1/s1. The van der Waals surface area contributed by atoms with Gasteiger partial charge in [-0.1, -0.05) is 17.7 Å². The van der Waals surface area contributed by atoms with Gasteiger partial charge >= 0.3 is 5.97 Å². The summed E-state index contributed by atoms with van der Waals surface area (Å²) in [5, 5.41) is 3.67. The molecule has 0 radical (unpaired) electrons. The number of esters is 1. The van der Waals surface area contributed by atoms with Gasteiger partial charge in [0, 0.05) is 12.3 Å². The fourth-order valence-electron chi connectivity index (χ4n) is 3.47. The number of hydrogen-bond donors (Lipinski definition) is 0. The average Bonchev–Trinajstić information content (AvgIpc) is 3.22. The molecule has 27 heavy (non-hydrogen) atoms. The van der Waals surface area contributed by atoms with Crippen molar-refractivity contribution in [1.29, 1.82) is 0 Å². The fraction of sp³-hybridized carbons (Fsp3) is 0.368. The second-order valence-corrected chi connectivity index (χ2v) is 9.22. The minimum Gasteiger partial charge on any atom is -0.464 e. The van der Waals surface area contributed by atoms with Gasteiger partial charge in [-0.25, -0.2) is 17.5 Å². The molecule has 0 bridgehead atoms. The number of carbonyl (C=O) groups is 2.